The molecule has 1 radical (unpaired) electrons. The van der Waals surface area contributed by atoms with Crippen molar-refractivity contribution in [3.8, 4) is 22.5 Å². The fourth-order valence-electron chi connectivity index (χ4n) is 7.20. The van der Waals surface area contributed by atoms with Gasteiger partial charge in [-0.1, -0.05) is 79.0 Å². The van der Waals surface area contributed by atoms with Crippen LogP contribution in [0.4, 0.5) is 0 Å². The third-order valence-corrected chi connectivity index (χ3v) is 11.4. The van der Waals surface area contributed by atoms with E-state index in [1.54, 1.807) is 0 Å². The van der Waals surface area contributed by atoms with Crippen LogP contribution in [0.5, 0.6) is 0 Å². The van der Waals surface area contributed by atoms with Gasteiger partial charge in [0.05, 0.1) is 5.58 Å². The van der Waals surface area contributed by atoms with Crippen molar-refractivity contribution < 1.29 is 24.5 Å². The fourth-order valence-corrected chi connectivity index (χ4v) is 8.70. The molecular formula is C39H38IrN2OSi-2. The fraction of sp³-hybridized carbons (Fsp3) is 0.282. The van der Waals surface area contributed by atoms with Crippen molar-refractivity contribution >= 4 is 35.2 Å². The zero-order valence-electron chi connectivity index (χ0n) is 25.9. The summed E-state index contributed by atoms with van der Waals surface area (Å²) < 4.78 is 6.44. The second-order valence-corrected chi connectivity index (χ2v) is 18.4. The Hall–Kier alpha value is -3.37. The summed E-state index contributed by atoms with van der Waals surface area (Å²) in [4.78, 5) is 9.09. The quantitative estimate of drug-likeness (QED) is 0.132. The Morgan fingerprint density at radius 3 is 2.41 bits per heavy atom. The molecule has 0 saturated heterocycles. The molecule has 5 heteroatoms. The molecule has 0 aliphatic heterocycles. The smallest absolute Gasteiger partial charge is 0.120 e. The van der Waals surface area contributed by atoms with Crippen molar-refractivity contribution in [3.05, 3.63) is 115 Å². The first kappa shape index (κ1) is 30.6. The van der Waals surface area contributed by atoms with Crippen LogP contribution in [0.25, 0.3) is 44.5 Å². The molecular weight excluding hydrogens is 733 g/mol. The number of aryl methyl sites for hydroxylation is 1. The normalized spacial score (nSPS) is 19.0. The number of hydrogen-bond acceptors (Lipinski definition) is 3. The van der Waals surface area contributed by atoms with Gasteiger partial charge in [-0.3, -0.25) is 0 Å². The first-order valence-electron chi connectivity index (χ1n) is 15.6. The second-order valence-electron chi connectivity index (χ2n) is 13.4. The van der Waals surface area contributed by atoms with Gasteiger partial charge in [0.2, 0.25) is 0 Å². The van der Waals surface area contributed by atoms with Crippen LogP contribution in [0.2, 0.25) is 19.6 Å². The molecule has 3 aromatic carbocycles. The van der Waals surface area contributed by atoms with Crippen molar-refractivity contribution in [3.63, 3.8) is 0 Å². The summed E-state index contributed by atoms with van der Waals surface area (Å²) in [6.07, 6.45) is 9.48. The van der Waals surface area contributed by atoms with Crippen LogP contribution in [0.1, 0.15) is 42.7 Å². The van der Waals surface area contributed by atoms with E-state index in [-0.39, 0.29) is 20.1 Å². The maximum atomic E-state index is 6.44. The van der Waals surface area contributed by atoms with E-state index < -0.39 is 8.07 Å². The predicted molar refractivity (Wildman–Crippen MR) is 180 cm³/mol. The Morgan fingerprint density at radius 2 is 1.70 bits per heavy atom. The van der Waals surface area contributed by atoms with Gasteiger partial charge in [-0.05, 0) is 73.0 Å². The van der Waals surface area contributed by atoms with E-state index in [1.807, 2.05) is 49.6 Å². The molecule has 3 atom stereocenters. The zero-order valence-corrected chi connectivity index (χ0v) is 29.3. The van der Waals surface area contributed by atoms with Gasteiger partial charge in [0.15, 0.2) is 0 Å². The first-order valence-corrected chi connectivity index (χ1v) is 19.1. The minimum Gasteiger partial charge on any atom is -0.501 e. The topological polar surface area (TPSA) is 38.9 Å². The molecule has 6 aromatic rings. The van der Waals surface area contributed by atoms with Crippen molar-refractivity contribution in [1.29, 1.82) is 0 Å². The molecule has 8 rings (SSSR count). The van der Waals surface area contributed by atoms with Crippen molar-refractivity contribution in [1.82, 2.24) is 9.97 Å². The van der Waals surface area contributed by atoms with Crippen LogP contribution in [0.15, 0.2) is 95.7 Å². The number of para-hydroxylation sites is 1. The van der Waals surface area contributed by atoms with E-state index in [9.17, 15) is 0 Å². The van der Waals surface area contributed by atoms with Crippen molar-refractivity contribution in [2.45, 2.75) is 58.2 Å². The predicted octanol–water partition coefficient (Wildman–Crippen LogP) is 9.75. The third kappa shape index (κ3) is 5.98. The summed E-state index contributed by atoms with van der Waals surface area (Å²) in [7, 11) is -1.56. The molecule has 3 heterocycles. The molecule has 44 heavy (non-hydrogen) atoms. The Balaban J connectivity index is 0.000000207. The minimum absolute atomic E-state index is 0. The number of benzene rings is 3. The van der Waals surface area contributed by atoms with Gasteiger partial charge in [-0.2, -0.15) is 0 Å². The maximum absolute atomic E-state index is 6.44. The molecule has 3 aromatic heterocycles. The van der Waals surface area contributed by atoms with Crippen LogP contribution in [0, 0.1) is 30.9 Å². The van der Waals surface area contributed by atoms with Gasteiger partial charge in [0.25, 0.3) is 0 Å². The monoisotopic (exact) mass is 771 g/mol. The van der Waals surface area contributed by atoms with Gasteiger partial charge in [-0.25, -0.2) is 0 Å². The number of rotatable bonds is 4. The van der Waals surface area contributed by atoms with E-state index in [2.05, 4.69) is 85.3 Å². The van der Waals surface area contributed by atoms with Gasteiger partial charge < -0.3 is 14.4 Å². The SMILES string of the molecule is C[Si](C)(C)c1c[c-]c(-c2cc(C3CC4CCC3C4)ccn2)c2oc3ccccc3c12.Cc1ccc(-c2[c-]cccc2)nc1.[Ir]. The summed E-state index contributed by atoms with van der Waals surface area (Å²) in [6, 6.07) is 33.9. The molecule has 3 unspecified atom stereocenters. The number of aromatic nitrogens is 2. The Labute approximate surface area is 275 Å². The number of furan rings is 1. The van der Waals surface area contributed by atoms with Gasteiger partial charge in [-0.15, -0.1) is 53.2 Å². The first-order chi connectivity index (χ1) is 20.8. The van der Waals surface area contributed by atoms with Crippen molar-refractivity contribution in [2.75, 3.05) is 0 Å². The van der Waals surface area contributed by atoms with Crippen LogP contribution >= 0.6 is 0 Å². The number of fused-ring (bicyclic) bond motifs is 5. The number of hydrogen-bond donors (Lipinski definition) is 0. The van der Waals surface area contributed by atoms with Gasteiger partial charge in [0.1, 0.15) is 5.58 Å². The summed E-state index contributed by atoms with van der Waals surface area (Å²) in [6.45, 7) is 9.21. The van der Waals surface area contributed by atoms with Crippen LogP contribution in [-0.2, 0) is 20.1 Å². The molecule has 2 fully saturated rings. The molecule has 2 aliphatic rings. The van der Waals surface area contributed by atoms with Gasteiger partial charge in [0, 0.05) is 46.0 Å². The molecule has 2 saturated carbocycles. The summed E-state index contributed by atoms with van der Waals surface area (Å²) >= 11 is 0. The standard InChI is InChI=1S/C27H28NOSi.C12H10N.Ir/c1-30(2,3)25-11-10-20(27-26(25)21-6-4-5-7-24(21)29-27)23-16-19(12-13-28-23)22-15-17-8-9-18(22)14-17;1-10-7-8-12(13-9-10)11-5-3-2-4-6-11;/h4-7,11-13,16-18,22H,8-9,14-15H2,1-3H3;2-5,7-9H,1H3;/q2*-1;. The Kier molecular flexibility index (Phi) is 8.74. The average molecular weight is 771 g/mol. The molecule has 0 N–H and O–H groups in total. The van der Waals surface area contributed by atoms with E-state index >= 15 is 0 Å². The molecule has 0 amide bonds. The largest absolute Gasteiger partial charge is 0.501 e. The third-order valence-electron chi connectivity index (χ3n) is 9.36. The molecule has 2 bridgehead atoms. The summed E-state index contributed by atoms with van der Waals surface area (Å²) in [5.74, 6) is 2.52. The number of nitrogens with zero attached hydrogens (tertiary/aromatic N) is 2. The average Bonchev–Trinajstić information content (AvgIpc) is 3.76. The van der Waals surface area contributed by atoms with Gasteiger partial charge >= 0.3 is 0 Å². The van der Waals surface area contributed by atoms with Crippen LogP contribution in [0.3, 0.4) is 0 Å². The molecule has 2 aliphatic carbocycles. The Bertz CT molecular complexity index is 1890. The summed E-state index contributed by atoms with van der Waals surface area (Å²) in [5, 5.41) is 3.89. The maximum Gasteiger partial charge on any atom is 0.120 e. The molecule has 3 nitrogen and oxygen atoms in total. The van der Waals surface area contributed by atoms with E-state index in [4.69, 9.17) is 9.40 Å². The molecule has 0 spiro atoms. The number of pyridine rings is 2. The Morgan fingerprint density at radius 1 is 0.864 bits per heavy atom. The van der Waals surface area contributed by atoms with Crippen molar-refractivity contribution in [2.24, 2.45) is 11.8 Å². The van der Waals surface area contributed by atoms with Crippen LogP contribution in [-0.4, -0.2) is 18.0 Å². The van der Waals surface area contributed by atoms with Crippen LogP contribution < -0.4 is 5.19 Å². The summed E-state index contributed by atoms with van der Waals surface area (Å²) in [5.41, 5.74) is 8.58. The van der Waals surface area contributed by atoms with E-state index in [0.717, 1.165) is 45.5 Å². The molecule has 225 valence electrons. The zero-order chi connectivity index (χ0) is 29.6. The second kappa shape index (κ2) is 12.6. The van der Waals surface area contributed by atoms with E-state index in [1.165, 1.54) is 52.8 Å². The van der Waals surface area contributed by atoms with E-state index in [0.29, 0.717) is 5.92 Å². The minimum atomic E-state index is -1.56.